The molecule has 0 atom stereocenters. The molecule has 0 saturated heterocycles. The van der Waals surface area contributed by atoms with Crippen molar-refractivity contribution in [2.45, 2.75) is 25.7 Å². The van der Waals surface area contributed by atoms with Gasteiger partial charge in [-0.1, -0.05) is 0 Å². The first kappa shape index (κ1) is 14.7. The van der Waals surface area contributed by atoms with Gasteiger partial charge in [0.05, 0.1) is 12.4 Å². The third kappa shape index (κ3) is 3.45. The van der Waals surface area contributed by atoms with Crippen LogP contribution in [0.4, 0.5) is 0 Å². The highest BCUT2D eigenvalue weighted by Gasteiger charge is 2.05. The van der Waals surface area contributed by atoms with Crippen molar-refractivity contribution in [2.24, 2.45) is 0 Å². The first-order chi connectivity index (χ1) is 9.61. The summed E-state index contributed by atoms with van der Waals surface area (Å²) in [6.45, 7) is 6.44. The molecular weight excluding hydrogens is 270 g/mol. The zero-order chi connectivity index (χ0) is 14.5. The van der Waals surface area contributed by atoms with Gasteiger partial charge < -0.3 is 9.30 Å². The second kappa shape index (κ2) is 6.66. The monoisotopic (exact) mass is 289 g/mol. The zero-order valence-electron chi connectivity index (χ0n) is 12.1. The second-order valence-corrected chi connectivity index (χ2v) is 5.59. The predicted molar refractivity (Wildman–Crippen MR) is 82.6 cm³/mol. The van der Waals surface area contributed by atoms with Crippen LogP contribution in [-0.2, 0) is 9.53 Å². The summed E-state index contributed by atoms with van der Waals surface area (Å²) in [5.41, 5.74) is 3.58. The molecule has 20 heavy (non-hydrogen) atoms. The summed E-state index contributed by atoms with van der Waals surface area (Å²) in [4.78, 5) is 12.4. The molecule has 0 spiro atoms. The smallest absolute Gasteiger partial charge is 0.316 e. The fourth-order valence-electron chi connectivity index (χ4n) is 2.11. The fourth-order valence-corrected chi connectivity index (χ4v) is 2.81. The largest absolute Gasteiger partial charge is 0.465 e. The number of aryl methyl sites for hydroxylation is 2. The van der Waals surface area contributed by atoms with Crippen LogP contribution in [0.2, 0.25) is 0 Å². The summed E-state index contributed by atoms with van der Waals surface area (Å²) >= 11 is 1.50. The molecule has 3 nitrogen and oxygen atoms in total. The van der Waals surface area contributed by atoms with E-state index in [1.54, 1.807) is 0 Å². The Morgan fingerprint density at radius 1 is 1.10 bits per heavy atom. The Hall–Kier alpha value is -1.68. The Kier molecular flexibility index (Phi) is 4.90. The van der Waals surface area contributed by atoms with Crippen molar-refractivity contribution in [3.05, 3.63) is 47.8 Å². The van der Waals surface area contributed by atoms with Crippen molar-refractivity contribution >= 4 is 17.7 Å². The van der Waals surface area contributed by atoms with Crippen LogP contribution < -0.4 is 0 Å². The number of carbonyl (C=O) groups excluding carboxylic acids is 1. The van der Waals surface area contributed by atoms with Crippen LogP contribution in [0.5, 0.6) is 0 Å². The van der Waals surface area contributed by atoms with Gasteiger partial charge in [-0.05, 0) is 57.2 Å². The van der Waals surface area contributed by atoms with Gasteiger partial charge >= 0.3 is 5.97 Å². The van der Waals surface area contributed by atoms with Gasteiger partial charge in [-0.3, -0.25) is 4.79 Å². The standard InChI is InChI=1S/C16H19NO2S/c1-4-19-16(18)11-20-15-9-7-14(8-10-15)17-12(2)5-6-13(17)3/h5-10H,4,11H2,1-3H3. The quantitative estimate of drug-likeness (QED) is 0.620. The van der Waals surface area contributed by atoms with E-state index >= 15 is 0 Å². The third-order valence-corrected chi connectivity index (χ3v) is 4.01. The number of benzene rings is 1. The van der Waals surface area contributed by atoms with Crippen molar-refractivity contribution in [2.75, 3.05) is 12.4 Å². The molecule has 0 amide bonds. The highest BCUT2D eigenvalue weighted by atomic mass is 32.2. The Morgan fingerprint density at radius 2 is 1.70 bits per heavy atom. The number of rotatable bonds is 5. The van der Waals surface area contributed by atoms with E-state index in [9.17, 15) is 4.79 Å². The van der Waals surface area contributed by atoms with E-state index in [1.165, 1.54) is 23.1 Å². The minimum atomic E-state index is -0.168. The van der Waals surface area contributed by atoms with E-state index in [-0.39, 0.29) is 5.97 Å². The molecule has 0 radical (unpaired) electrons. The third-order valence-electron chi connectivity index (χ3n) is 3.03. The van der Waals surface area contributed by atoms with Crippen LogP contribution in [0, 0.1) is 13.8 Å². The molecule has 0 aliphatic rings. The molecule has 106 valence electrons. The summed E-state index contributed by atoms with van der Waals surface area (Å²) in [5.74, 6) is 0.188. The van der Waals surface area contributed by atoms with Crippen molar-refractivity contribution in [1.29, 1.82) is 0 Å². The highest BCUT2D eigenvalue weighted by Crippen LogP contribution is 2.22. The number of hydrogen-bond acceptors (Lipinski definition) is 3. The molecule has 2 aromatic rings. The predicted octanol–water partition coefficient (Wildman–Crippen LogP) is 3.75. The number of esters is 1. The number of carbonyl (C=O) groups is 1. The summed E-state index contributed by atoms with van der Waals surface area (Å²) < 4.78 is 7.12. The van der Waals surface area contributed by atoms with Gasteiger partial charge in [-0.25, -0.2) is 0 Å². The van der Waals surface area contributed by atoms with Crippen LogP contribution >= 0.6 is 11.8 Å². The lowest BCUT2D eigenvalue weighted by Gasteiger charge is -2.10. The lowest BCUT2D eigenvalue weighted by atomic mass is 10.3. The van der Waals surface area contributed by atoms with E-state index < -0.39 is 0 Å². The number of aromatic nitrogens is 1. The van der Waals surface area contributed by atoms with Gasteiger partial charge in [0.2, 0.25) is 0 Å². The van der Waals surface area contributed by atoms with Crippen LogP contribution in [-0.4, -0.2) is 22.9 Å². The van der Waals surface area contributed by atoms with Crippen molar-refractivity contribution in [3.63, 3.8) is 0 Å². The Morgan fingerprint density at radius 3 is 2.25 bits per heavy atom. The Labute approximate surface area is 123 Å². The van der Waals surface area contributed by atoms with E-state index in [2.05, 4.69) is 42.7 Å². The molecule has 0 aliphatic heterocycles. The average molecular weight is 289 g/mol. The molecule has 4 heteroatoms. The minimum Gasteiger partial charge on any atom is -0.465 e. The maximum Gasteiger partial charge on any atom is 0.316 e. The van der Waals surface area contributed by atoms with Crippen molar-refractivity contribution in [1.82, 2.24) is 4.57 Å². The Bertz CT molecular complexity index is 568. The fraction of sp³-hybridized carbons (Fsp3) is 0.312. The molecular formula is C16H19NO2S. The first-order valence-corrected chi connectivity index (χ1v) is 7.64. The van der Waals surface area contributed by atoms with Crippen LogP contribution in [0.3, 0.4) is 0 Å². The van der Waals surface area contributed by atoms with E-state index in [0.29, 0.717) is 12.4 Å². The van der Waals surface area contributed by atoms with Gasteiger partial charge in [0.25, 0.3) is 0 Å². The summed E-state index contributed by atoms with van der Waals surface area (Å²) in [6, 6.07) is 12.5. The molecule has 0 unspecified atom stereocenters. The topological polar surface area (TPSA) is 31.2 Å². The molecule has 0 N–H and O–H groups in total. The SMILES string of the molecule is CCOC(=O)CSc1ccc(-n2c(C)ccc2C)cc1. The number of nitrogens with zero attached hydrogens (tertiary/aromatic N) is 1. The number of hydrogen-bond donors (Lipinski definition) is 0. The lowest BCUT2D eigenvalue weighted by Crippen LogP contribution is -2.06. The maximum atomic E-state index is 11.3. The van der Waals surface area contributed by atoms with Gasteiger partial charge in [0.1, 0.15) is 0 Å². The van der Waals surface area contributed by atoms with E-state index in [1.807, 2.05) is 19.1 Å². The first-order valence-electron chi connectivity index (χ1n) is 6.65. The lowest BCUT2D eigenvalue weighted by molar-refractivity contribution is -0.139. The summed E-state index contributed by atoms with van der Waals surface area (Å²) in [6.07, 6.45) is 0. The van der Waals surface area contributed by atoms with Gasteiger partial charge in [-0.15, -0.1) is 11.8 Å². The maximum absolute atomic E-state index is 11.3. The average Bonchev–Trinajstić information content (AvgIpc) is 2.77. The molecule has 1 heterocycles. The highest BCUT2D eigenvalue weighted by molar-refractivity contribution is 8.00. The molecule has 1 aromatic carbocycles. The van der Waals surface area contributed by atoms with E-state index in [0.717, 1.165) is 10.6 Å². The molecule has 2 rings (SSSR count). The van der Waals surface area contributed by atoms with Gasteiger partial charge in [0, 0.05) is 22.0 Å². The molecule has 1 aromatic heterocycles. The summed E-state index contributed by atoms with van der Waals surface area (Å²) in [7, 11) is 0. The van der Waals surface area contributed by atoms with Crippen LogP contribution in [0.1, 0.15) is 18.3 Å². The van der Waals surface area contributed by atoms with Crippen LogP contribution in [0.25, 0.3) is 5.69 Å². The van der Waals surface area contributed by atoms with E-state index in [4.69, 9.17) is 4.74 Å². The molecule has 0 bridgehead atoms. The minimum absolute atomic E-state index is 0.168. The summed E-state index contributed by atoms with van der Waals surface area (Å²) in [5, 5.41) is 0. The second-order valence-electron chi connectivity index (χ2n) is 4.54. The van der Waals surface area contributed by atoms with Gasteiger partial charge in [0.15, 0.2) is 0 Å². The van der Waals surface area contributed by atoms with Crippen LogP contribution in [0.15, 0.2) is 41.3 Å². The van der Waals surface area contributed by atoms with Crippen molar-refractivity contribution < 1.29 is 9.53 Å². The number of thioether (sulfide) groups is 1. The van der Waals surface area contributed by atoms with Gasteiger partial charge in [-0.2, -0.15) is 0 Å². The normalized spacial score (nSPS) is 10.6. The van der Waals surface area contributed by atoms with Crippen molar-refractivity contribution in [3.8, 4) is 5.69 Å². The molecule has 0 aliphatic carbocycles. The molecule has 0 fully saturated rings. The molecule has 0 saturated carbocycles. The number of ether oxygens (including phenoxy) is 1. The Balaban J connectivity index is 2.05. The zero-order valence-corrected chi connectivity index (χ0v) is 12.9.